The van der Waals surface area contributed by atoms with Crippen molar-refractivity contribution in [1.29, 1.82) is 0 Å². The number of hydrogen-bond donors (Lipinski definition) is 1. The average Bonchev–Trinajstić information content (AvgIpc) is 2.24. The summed E-state index contributed by atoms with van der Waals surface area (Å²) in [5, 5.41) is -0.507. The van der Waals surface area contributed by atoms with Crippen LogP contribution in [0.3, 0.4) is 0 Å². The number of sulfonamides is 1. The van der Waals surface area contributed by atoms with Crippen LogP contribution in [0.1, 0.15) is 6.92 Å². The Hall–Kier alpha value is -0.400. The lowest BCUT2D eigenvalue weighted by Crippen LogP contribution is -2.39. The number of likely N-dealkylation sites (N-methyl/N-ethyl adjacent to an activating group) is 1. The zero-order valence-corrected chi connectivity index (χ0v) is 12.2. The summed E-state index contributed by atoms with van der Waals surface area (Å²) in [7, 11) is -2.54. The minimum Gasteiger partial charge on any atom is -0.329 e. The molecule has 0 aromatic heterocycles. The second kappa shape index (κ2) is 5.71. The monoisotopic (exact) mass is 314 g/mol. The van der Waals surface area contributed by atoms with E-state index >= 15 is 0 Å². The van der Waals surface area contributed by atoms with Gasteiger partial charge in [0, 0.05) is 19.6 Å². The maximum absolute atomic E-state index is 13.0. The van der Waals surface area contributed by atoms with E-state index in [1.54, 1.807) is 6.92 Å². The van der Waals surface area contributed by atoms with E-state index in [-0.39, 0.29) is 21.5 Å². The van der Waals surface area contributed by atoms with Crippen molar-refractivity contribution in [2.24, 2.45) is 5.73 Å². The summed E-state index contributed by atoms with van der Waals surface area (Å²) in [6.45, 7) is 1.79. The molecule has 1 aromatic rings. The molecule has 1 aromatic carbocycles. The molecule has 1 unspecified atom stereocenters. The molecule has 0 aliphatic carbocycles. The fourth-order valence-electron chi connectivity index (χ4n) is 1.30. The van der Waals surface area contributed by atoms with E-state index < -0.39 is 21.9 Å². The van der Waals surface area contributed by atoms with Gasteiger partial charge in [-0.05, 0) is 19.1 Å². The molecule has 18 heavy (non-hydrogen) atoms. The molecule has 0 saturated heterocycles. The minimum atomic E-state index is -3.91. The SMILES string of the molecule is CC(CN)N(C)S(=O)(=O)c1c(Cl)cc(F)cc1Cl. The minimum absolute atomic E-state index is 0.145. The van der Waals surface area contributed by atoms with Gasteiger partial charge in [0.2, 0.25) is 10.0 Å². The Balaban J connectivity index is 3.38. The van der Waals surface area contributed by atoms with Crippen LogP contribution in [0.25, 0.3) is 0 Å². The molecule has 0 radical (unpaired) electrons. The summed E-state index contributed by atoms with van der Waals surface area (Å²) in [5.74, 6) is -0.696. The van der Waals surface area contributed by atoms with Crippen LogP contribution in [0.2, 0.25) is 10.0 Å². The highest BCUT2D eigenvalue weighted by Crippen LogP contribution is 2.32. The van der Waals surface area contributed by atoms with Gasteiger partial charge in [-0.2, -0.15) is 4.31 Å². The first-order valence-electron chi connectivity index (χ1n) is 5.04. The van der Waals surface area contributed by atoms with Gasteiger partial charge in [0.25, 0.3) is 0 Å². The van der Waals surface area contributed by atoms with Crippen molar-refractivity contribution in [3.05, 3.63) is 28.0 Å². The van der Waals surface area contributed by atoms with Gasteiger partial charge in [0.05, 0.1) is 10.0 Å². The Bertz CT molecular complexity index is 528. The van der Waals surface area contributed by atoms with E-state index in [1.165, 1.54) is 7.05 Å². The number of nitrogens with zero attached hydrogens (tertiary/aromatic N) is 1. The van der Waals surface area contributed by atoms with E-state index in [0.717, 1.165) is 16.4 Å². The van der Waals surface area contributed by atoms with Crippen LogP contribution >= 0.6 is 23.2 Å². The molecule has 102 valence electrons. The number of rotatable bonds is 4. The maximum atomic E-state index is 13.0. The van der Waals surface area contributed by atoms with Crippen LogP contribution in [0.5, 0.6) is 0 Å². The van der Waals surface area contributed by atoms with Crippen molar-refractivity contribution >= 4 is 33.2 Å². The van der Waals surface area contributed by atoms with Crippen LogP contribution in [0.15, 0.2) is 17.0 Å². The largest absolute Gasteiger partial charge is 0.329 e. The van der Waals surface area contributed by atoms with Crippen molar-refractivity contribution in [3.63, 3.8) is 0 Å². The molecule has 0 aliphatic rings. The molecule has 0 saturated carbocycles. The lowest BCUT2D eigenvalue weighted by atomic mass is 10.3. The zero-order valence-electron chi connectivity index (χ0n) is 9.82. The highest BCUT2D eigenvalue weighted by Gasteiger charge is 2.29. The van der Waals surface area contributed by atoms with Crippen molar-refractivity contribution in [2.45, 2.75) is 17.9 Å². The number of halogens is 3. The van der Waals surface area contributed by atoms with Crippen LogP contribution in [-0.4, -0.2) is 32.4 Å². The molecule has 0 spiro atoms. The third-order valence-electron chi connectivity index (χ3n) is 2.56. The quantitative estimate of drug-likeness (QED) is 0.925. The first kappa shape index (κ1) is 15.7. The highest BCUT2D eigenvalue weighted by molar-refractivity contribution is 7.89. The first-order chi connectivity index (χ1) is 8.21. The van der Waals surface area contributed by atoms with Crippen LogP contribution in [-0.2, 0) is 10.0 Å². The van der Waals surface area contributed by atoms with Gasteiger partial charge in [0.1, 0.15) is 10.7 Å². The highest BCUT2D eigenvalue weighted by atomic mass is 35.5. The molecule has 8 heteroatoms. The van der Waals surface area contributed by atoms with Gasteiger partial charge in [-0.25, -0.2) is 12.8 Å². The number of hydrogen-bond acceptors (Lipinski definition) is 3. The summed E-state index contributed by atoms with van der Waals surface area (Å²) in [5.41, 5.74) is 5.42. The molecule has 0 bridgehead atoms. The Morgan fingerprint density at radius 3 is 2.22 bits per heavy atom. The van der Waals surface area contributed by atoms with Gasteiger partial charge in [-0.1, -0.05) is 23.2 Å². The fraction of sp³-hybridized carbons (Fsp3) is 0.400. The third kappa shape index (κ3) is 2.95. The molecule has 0 heterocycles. The molecule has 0 amide bonds. The van der Waals surface area contributed by atoms with Gasteiger partial charge in [-0.15, -0.1) is 0 Å². The van der Waals surface area contributed by atoms with Gasteiger partial charge >= 0.3 is 0 Å². The van der Waals surface area contributed by atoms with E-state index in [0.29, 0.717) is 0 Å². The predicted molar refractivity (Wildman–Crippen MR) is 69.9 cm³/mol. The molecule has 0 fully saturated rings. The number of benzene rings is 1. The summed E-state index contributed by atoms with van der Waals surface area (Å²) < 4.78 is 38.6. The van der Waals surface area contributed by atoms with Crippen LogP contribution in [0.4, 0.5) is 4.39 Å². The Labute approximate surface area is 116 Å². The lowest BCUT2D eigenvalue weighted by molar-refractivity contribution is 0.394. The summed E-state index contributed by atoms with van der Waals surface area (Å²) in [6.07, 6.45) is 0. The summed E-state index contributed by atoms with van der Waals surface area (Å²) in [4.78, 5) is -0.310. The van der Waals surface area contributed by atoms with Crippen molar-refractivity contribution in [3.8, 4) is 0 Å². The predicted octanol–water partition coefficient (Wildman–Crippen LogP) is 2.10. The van der Waals surface area contributed by atoms with Gasteiger partial charge in [-0.3, -0.25) is 0 Å². The maximum Gasteiger partial charge on any atom is 0.246 e. The number of nitrogens with two attached hydrogens (primary N) is 1. The fourth-order valence-corrected chi connectivity index (χ4v) is 3.81. The molecular weight excluding hydrogens is 302 g/mol. The Morgan fingerprint density at radius 2 is 1.83 bits per heavy atom. The average molecular weight is 315 g/mol. The van der Waals surface area contributed by atoms with Gasteiger partial charge in [0.15, 0.2) is 0 Å². The smallest absolute Gasteiger partial charge is 0.246 e. The molecule has 4 nitrogen and oxygen atoms in total. The van der Waals surface area contributed by atoms with Crippen molar-refractivity contribution < 1.29 is 12.8 Å². The lowest BCUT2D eigenvalue weighted by Gasteiger charge is -2.24. The van der Waals surface area contributed by atoms with E-state index in [1.807, 2.05) is 0 Å². The third-order valence-corrected chi connectivity index (χ3v) is 5.46. The Morgan fingerprint density at radius 1 is 1.39 bits per heavy atom. The van der Waals surface area contributed by atoms with Crippen molar-refractivity contribution in [1.82, 2.24) is 4.31 Å². The standard InChI is InChI=1S/C10H13Cl2FN2O2S/c1-6(5-14)15(2)18(16,17)10-8(11)3-7(13)4-9(10)12/h3-4,6H,5,14H2,1-2H3. The van der Waals surface area contributed by atoms with Gasteiger partial charge < -0.3 is 5.73 Å². The molecule has 1 atom stereocenters. The van der Waals surface area contributed by atoms with Crippen LogP contribution in [0, 0.1) is 5.82 Å². The van der Waals surface area contributed by atoms with E-state index in [9.17, 15) is 12.8 Å². The summed E-state index contributed by atoms with van der Waals surface area (Å²) in [6, 6.07) is 1.38. The van der Waals surface area contributed by atoms with E-state index in [4.69, 9.17) is 28.9 Å². The van der Waals surface area contributed by atoms with Crippen molar-refractivity contribution in [2.75, 3.05) is 13.6 Å². The molecular formula is C10H13Cl2FN2O2S. The zero-order chi connectivity index (χ0) is 14.1. The van der Waals surface area contributed by atoms with E-state index in [2.05, 4.69) is 0 Å². The molecule has 2 N–H and O–H groups in total. The topological polar surface area (TPSA) is 63.4 Å². The normalized spacial score (nSPS) is 13.9. The first-order valence-corrected chi connectivity index (χ1v) is 7.24. The molecule has 1 rings (SSSR count). The second-order valence-corrected chi connectivity index (χ2v) is 6.55. The Kier molecular flexibility index (Phi) is 4.97. The van der Waals surface area contributed by atoms with Crippen LogP contribution < -0.4 is 5.73 Å². The second-order valence-electron chi connectivity index (χ2n) is 3.80. The molecule has 0 aliphatic heterocycles. The summed E-state index contributed by atoms with van der Waals surface area (Å²) >= 11 is 11.5.